The predicted molar refractivity (Wildman–Crippen MR) is 115 cm³/mol. The molecule has 1 unspecified atom stereocenters. The van der Waals surface area contributed by atoms with Gasteiger partial charge in [-0.1, -0.05) is 6.07 Å². The first-order chi connectivity index (χ1) is 15.7. The monoisotopic (exact) mass is 455 g/mol. The van der Waals surface area contributed by atoms with E-state index in [0.717, 1.165) is 18.3 Å². The van der Waals surface area contributed by atoms with E-state index in [1.807, 2.05) is 0 Å². The number of benzene rings is 3. The zero-order valence-corrected chi connectivity index (χ0v) is 17.2. The first-order valence-electron chi connectivity index (χ1n) is 9.91. The van der Waals surface area contributed by atoms with Crippen LogP contribution in [0.1, 0.15) is 11.1 Å². The van der Waals surface area contributed by atoms with Crippen LogP contribution >= 0.6 is 0 Å². The summed E-state index contributed by atoms with van der Waals surface area (Å²) in [5.41, 5.74) is -2.72. The smallest absolute Gasteiger partial charge is 0.425 e. The molecule has 0 radical (unpaired) electrons. The normalized spacial score (nSPS) is 14.0. The van der Waals surface area contributed by atoms with E-state index in [2.05, 4.69) is 10.1 Å². The Morgan fingerprint density at radius 2 is 1.76 bits per heavy atom. The molecule has 2 N–H and O–H groups in total. The molecule has 5 rings (SSSR count). The molecule has 0 saturated carbocycles. The van der Waals surface area contributed by atoms with Crippen molar-refractivity contribution in [2.75, 3.05) is 7.11 Å². The van der Waals surface area contributed by atoms with Crippen molar-refractivity contribution in [2.45, 2.75) is 11.8 Å². The van der Waals surface area contributed by atoms with E-state index < -0.39 is 28.7 Å². The lowest BCUT2D eigenvalue weighted by Gasteiger charge is -2.31. The summed E-state index contributed by atoms with van der Waals surface area (Å²) in [7, 11) is 1.55. The number of alkyl halides is 3. The molecule has 0 amide bonds. The molecular weight excluding hydrogens is 438 g/mol. The highest BCUT2D eigenvalue weighted by Gasteiger charge is 2.57. The molecule has 0 saturated heterocycles. The zero-order chi connectivity index (χ0) is 23.4. The molecule has 0 bridgehead atoms. The standard InChI is InChI=1S/C24H17F4N3O2/c1-33-18-6-4-17(5-7-18)31-22-9-2-15(10-14(22)12-30-31)23(32,24(26,27)28)20-13-29-21-8-3-16(25)11-19(20)21/h2-13,29,32H,1H3. The van der Waals surface area contributed by atoms with E-state index in [1.165, 1.54) is 30.5 Å². The molecular formula is C24H17F4N3O2. The van der Waals surface area contributed by atoms with Crippen LogP contribution in [0.2, 0.25) is 0 Å². The molecule has 0 aliphatic rings. The molecule has 5 aromatic rings. The summed E-state index contributed by atoms with van der Waals surface area (Å²) in [5, 5.41) is 15.7. The number of fused-ring (bicyclic) bond motifs is 2. The quantitative estimate of drug-likeness (QED) is 0.354. The minimum atomic E-state index is -5.08. The van der Waals surface area contributed by atoms with Gasteiger partial charge in [-0.2, -0.15) is 18.3 Å². The van der Waals surface area contributed by atoms with Crippen LogP contribution in [0, 0.1) is 5.82 Å². The summed E-state index contributed by atoms with van der Waals surface area (Å²) in [4.78, 5) is 2.68. The molecule has 2 heterocycles. The van der Waals surface area contributed by atoms with Gasteiger partial charge < -0.3 is 14.8 Å². The first kappa shape index (κ1) is 21.0. The van der Waals surface area contributed by atoms with Crippen LogP contribution in [0.5, 0.6) is 5.75 Å². The maximum absolute atomic E-state index is 14.3. The van der Waals surface area contributed by atoms with Crippen LogP contribution < -0.4 is 4.74 Å². The Hall–Kier alpha value is -3.85. The number of H-pyrrole nitrogens is 1. The number of rotatable bonds is 4. The van der Waals surface area contributed by atoms with E-state index in [9.17, 15) is 22.7 Å². The number of hydrogen-bond donors (Lipinski definition) is 2. The van der Waals surface area contributed by atoms with E-state index in [1.54, 1.807) is 36.1 Å². The second-order valence-corrected chi connectivity index (χ2v) is 7.63. The molecule has 33 heavy (non-hydrogen) atoms. The van der Waals surface area contributed by atoms with Crippen molar-refractivity contribution < 1.29 is 27.4 Å². The van der Waals surface area contributed by atoms with Crippen LogP contribution in [0.25, 0.3) is 27.5 Å². The van der Waals surface area contributed by atoms with Gasteiger partial charge in [0.25, 0.3) is 0 Å². The summed E-state index contributed by atoms with van der Waals surface area (Å²) < 4.78 is 63.5. The lowest BCUT2D eigenvalue weighted by atomic mass is 9.85. The molecule has 0 aliphatic carbocycles. The average molecular weight is 455 g/mol. The fraction of sp³-hybridized carbons (Fsp3) is 0.125. The Morgan fingerprint density at radius 1 is 1.00 bits per heavy atom. The summed E-state index contributed by atoms with van der Waals surface area (Å²) in [6.07, 6.45) is -2.59. The highest BCUT2D eigenvalue weighted by Crippen LogP contribution is 2.47. The van der Waals surface area contributed by atoms with Crippen LogP contribution in [0.4, 0.5) is 17.6 Å². The molecule has 0 fully saturated rings. The number of aromatic amines is 1. The summed E-state index contributed by atoms with van der Waals surface area (Å²) in [6.45, 7) is 0. The van der Waals surface area contributed by atoms with Crippen LogP contribution in [0.15, 0.2) is 73.1 Å². The molecule has 9 heteroatoms. The van der Waals surface area contributed by atoms with Crippen molar-refractivity contribution in [1.29, 1.82) is 0 Å². The molecule has 0 spiro atoms. The van der Waals surface area contributed by atoms with Crippen molar-refractivity contribution in [3.63, 3.8) is 0 Å². The molecule has 3 aromatic carbocycles. The highest BCUT2D eigenvalue weighted by atomic mass is 19.4. The Labute approximate surface area is 184 Å². The van der Waals surface area contributed by atoms with Crippen LogP contribution in [-0.4, -0.2) is 33.2 Å². The number of aromatic nitrogens is 3. The first-order valence-corrected chi connectivity index (χ1v) is 9.91. The zero-order valence-electron chi connectivity index (χ0n) is 17.2. The maximum Gasteiger partial charge on any atom is 0.425 e. The van der Waals surface area contributed by atoms with Gasteiger partial charge in [0, 0.05) is 28.0 Å². The molecule has 2 aromatic heterocycles. The Balaban J connectivity index is 1.67. The third kappa shape index (κ3) is 3.23. The van der Waals surface area contributed by atoms with E-state index in [4.69, 9.17) is 4.74 Å². The van der Waals surface area contributed by atoms with E-state index in [0.29, 0.717) is 22.3 Å². The van der Waals surface area contributed by atoms with Crippen LogP contribution in [-0.2, 0) is 5.60 Å². The summed E-state index contributed by atoms with van der Waals surface area (Å²) in [6, 6.07) is 14.4. The fourth-order valence-electron chi connectivity index (χ4n) is 4.05. The Morgan fingerprint density at radius 3 is 2.45 bits per heavy atom. The van der Waals surface area contributed by atoms with Gasteiger partial charge in [-0.25, -0.2) is 9.07 Å². The number of ether oxygens (including phenoxy) is 1. The largest absolute Gasteiger partial charge is 0.497 e. The minimum Gasteiger partial charge on any atom is -0.497 e. The Bertz CT molecular complexity index is 1470. The van der Waals surface area contributed by atoms with Gasteiger partial charge in [0.1, 0.15) is 11.6 Å². The molecule has 1 atom stereocenters. The van der Waals surface area contributed by atoms with Gasteiger partial charge in [0.2, 0.25) is 5.60 Å². The number of methoxy groups -OCH3 is 1. The van der Waals surface area contributed by atoms with E-state index >= 15 is 0 Å². The number of nitrogens with one attached hydrogen (secondary N) is 1. The molecule has 0 aliphatic heterocycles. The van der Waals surface area contributed by atoms with E-state index in [-0.39, 0.29) is 10.9 Å². The van der Waals surface area contributed by atoms with Crippen molar-refractivity contribution >= 4 is 21.8 Å². The minimum absolute atomic E-state index is 0.0520. The van der Waals surface area contributed by atoms with Crippen molar-refractivity contribution in [3.05, 3.63) is 90.0 Å². The van der Waals surface area contributed by atoms with Gasteiger partial charge in [-0.05, 0) is 60.2 Å². The van der Waals surface area contributed by atoms with Crippen molar-refractivity contribution in [1.82, 2.24) is 14.8 Å². The number of hydrogen-bond acceptors (Lipinski definition) is 3. The third-order valence-corrected chi connectivity index (χ3v) is 5.75. The second-order valence-electron chi connectivity index (χ2n) is 7.63. The van der Waals surface area contributed by atoms with Gasteiger partial charge in [0.05, 0.1) is 24.5 Å². The lowest BCUT2D eigenvalue weighted by Crippen LogP contribution is -2.43. The SMILES string of the molecule is COc1ccc(-n2ncc3cc(C(O)(c4c[nH]c5ccc(F)cc45)C(F)(F)F)ccc32)cc1. The fourth-order valence-corrected chi connectivity index (χ4v) is 4.05. The molecule has 168 valence electrons. The topological polar surface area (TPSA) is 63.1 Å². The van der Waals surface area contributed by atoms with Gasteiger partial charge in [0.15, 0.2) is 0 Å². The maximum atomic E-state index is 14.3. The average Bonchev–Trinajstić information content (AvgIpc) is 3.41. The highest BCUT2D eigenvalue weighted by molar-refractivity contribution is 5.86. The van der Waals surface area contributed by atoms with Gasteiger partial charge in [-0.15, -0.1) is 0 Å². The number of aliphatic hydroxyl groups is 1. The summed E-state index contributed by atoms with van der Waals surface area (Å²) >= 11 is 0. The Kier molecular flexibility index (Phi) is 4.68. The third-order valence-electron chi connectivity index (χ3n) is 5.75. The van der Waals surface area contributed by atoms with Crippen molar-refractivity contribution in [2.24, 2.45) is 0 Å². The number of halogens is 4. The predicted octanol–water partition coefficient (Wildman–Crippen LogP) is 5.45. The van der Waals surface area contributed by atoms with Crippen molar-refractivity contribution in [3.8, 4) is 11.4 Å². The second kappa shape index (κ2) is 7.35. The van der Waals surface area contributed by atoms with Gasteiger partial charge >= 0.3 is 6.18 Å². The van der Waals surface area contributed by atoms with Crippen LogP contribution in [0.3, 0.4) is 0 Å². The lowest BCUT2D eigenvalue weighted by molar-refractivity contribution is -0.247. The van der Waals surface area contributed by atoms with Gasteiger partial charge in [-0.3, -0.25) is 0 Å². The number of nitrogens with zero attached hydrogens (tertiary/aromatic N) is 2. The summed E-state index contributed by atoms with van der Waals surface area (Å²) in [5.74, 6) is -0.0491. The molecule has 5 nitrogen and oxygen atoms in total.